The van der Waals surface area contributed by atoms with E-state index in [0.29, 0.717) is 15.7 Å². The van der Waals surface area contributed by atoms with Gasteiger partial charge in [0.05, 0.1) is 16.8 Å². The molecule has 1 atom stereocenters. The van der Waals surface area contributed by atoms with E-state index in [1.807, 2.05) is 0 Å². The third-order valence-corrected chi connectivity index (χ3v) is 2.68. The number of carbonyl (C=O) groups excluding carboxylic acids is 1. The van der Waals surface area contributed by atoms with Gasteiger partial charge >= 0.3 is 0 Å². The smallest absolute Gasteiger partial charge is 0.242 e. The summed E-state index contributed by atoms with van der Waals surface area (Å²) in [5.74, 6) is -0.0709. The fourth-order valence-corrected chi connectivity index (χ4v) is 1.40. The lowest BCUT2D eigenvalue weighted by Crippen LogP contribution is -2.37. The first kappa shape index (κ1) is 12.6. The van der Waals surface area contributed by atoms with Crippen molar-refractivity contribution in [2.45, 2.75) is 6.04 Å². The van der Waals surface area contributed by atoms with Gasteiger partial charge in [-0.15, -0.1) is 0 Å². The van der Waals surface area contributed by atoms with Crippen molar-refractivity contribution in [3.63, 3.8) is 0 Å². The van der Waals surface area contributed by atoms with Crippen LogP contribution in [0.15, 0.2) is 18.2 Å². The number of anilines is 1. The molecule has 0 saturated heterocycles. The molecule has 0 heterocycles. The number of hydrogen-bond acceptors (Lipinski definition) is 3. The molecule has 0 aliphatic heterocycles. The second kappa shape index (κ2) is 5.61. The number of carbonyl (C=O) groups is 1. The van der Waals surface area contributed by atoms with Crippen molar-refractivity contribution in [3.8, 4) is 0 Å². The van der Waals surface area contributed by atoms with Gasteiger partial charge in [0.2, 0.25) is 5.91 Å². The first-order valence-electron chi connectivity index (χ1n) is 4.17. The summed E-state index contributed by atoms with van der Waals surface area (Å²) < 4.78 is 0. The van der Waals surface area contributed by atoms with E-state index in [9.17, 15) is 4.79 Å². The Labute approximate surface area is 103 Å². The lowest BCUT2D eigenvalue weighted by Gasteiger charge is -2.11. The van der Waals surface area contributed by atoms with Crippen molar-refractivity contribution >= 4 is 47.4 Å². The predicted molar refractivity (Wildman–Crippen MR) is 66.9 cm³/mol. The topological polar surface area (TPSA) is 55.1 Å². The second-order valence-corrected chi connectivity index (χ2v) is 4.11. The number of nitrogens with two attached hydrogens (primary N) is 1. The summed E-state index contributed by atoms with van der Waals surface area (Å²) in [5.41, 5.74) is 5.94. The highest BCUT2D eigenvalue weighted by Crippen LogP contribution is 2.25. The number of rotatable bonds is 3. The molecule has 0 aliphatic carbocycles. The largest absolute Gasteiger partial charge is 0.323 e. The molecule has 1 aromatic carbocycles. The van der Waals surface area contributed by atoms with Crippen molar-refractivity contribution in [1.29, 1.82) is 0 Å². The normalized spacial score (nSPS) is 12.3. The molecular formula is C9H10Cl2N2OS. The van der Waals surface area contributed by atoms with Crippen LogP contribution in [0, 0.1) is 0 Å². The van der Waals surface area contributed by atoms with E-state index in [0.717, 1.165) is 0 Å². The Kier molecular flexibility index (Phi) is 4.73. The van der Waals surface area contributed by atoms with E-state index in [-0.39, 0.29) is 11.7 Å². The Morgan fingerprint density at radius 3 is 2.80 bits per heavy atom. The molecule has 82 valence electrons. The molecule has 0 aromatic heterocycles. The van der Waals surface area contributed by atoms with Crippen LogP contribution in [0.5, 0.6) is 0 Å². The monoisotopic (exact) mass is 264 g/mol. The van der Waals surface area contributed by atoms with Crippen molar-refractivity contribution in [2.24, 2.45) is 5.73 Å². The summed E-state index contributed by atoms with van der Waals surface area (Å²) in [6.07, 6.45) is 0. The molecule has 3 nitrogen and oxygen atoms in total. The summed E-state index contributed by atoms with van der Waals surface area (Å²) in [6.45, 7) is 0. The van der Waals surface area contributed by atoms with Gasteiger partial charge in [-0.3, -0.25) is 4.79 Å². The third kappa shape index (κ3) is 3.57. The Morgan fingerprint density at radius 1 is 1.53 bits per heavy atom. The average molecular weight is 265 g/mol. The SMILES string of the molecule is NC(CS)C(=O)Nc1cc(Cl)ccc1Cl. The zero-order valence-corrected chi connectivity index (χ0v) is 10.1. The maximum absolute atomic E-state index is 11.4. The standard InChI is InChI=1S/C9H10Cl2N2OS/c10-5-1-2-6(11)8(3-5)13-9(14)7(12)4-15/h1-3,7,15H,4,12H2,(H,13,14). The van der Waals surface area contributed by atoms with Gasteiger partial charge in [0.1, 0.15) is 0 Å². The molecule has 1 unspecified atom stereocenters. The van der Waals surface area contributed by atoms with Crippen LogP contribution in [0.2, 0.25) is 10.0 Å². The number of amides is 1. The van der Waals surface area contributed by atoms with Crippen molar-refractivity contribution in [1.82, 2.24) is 0 Å². The Hall–Kier alpha value is -0.420. The third-order valence-electron chi connectivity index (χ3n) is 1.72. The fraction of sp³-hybridized carbons (Fsp3) is 0.222. The molecular weight excluding hydrogens is 255 g/mol. The Bertz CT molecular complexity index is 373. The van der Waals surface area contributed by atoms with Crippen LogP contribution in [-0.2, 0) is 4.79 Å². The predicted octanol–water partition coefficient (Wildman–Crippen LogP) is 2.19. The number of nitrogens with one attached hydrogen (secondary N) is 1. The van der Waals surface area contributed by atoms with Gasteiger partial charge in [0, 0.05) is 10.8 Å². The minimum absolute atomic E-state index is 0.268. The van der Waals surface area contributed by atoms with Crippen LogP contribution >= 0.6 is 35.8 Å². The van der Waals surface area contributed by atoms with E-state index in [1.54, 1.807) is 18.2 Å². The van der Waals surface area contributed by atoms with Crippen LogP contribution in [0.4, 0.5) is 5.69 Å². The molecule has 0 aliphatic rings. The van der Waals surface area contributed by atoms with E-state index in [4.69, 9.17) is 28.9 Å². The first-order valence-corrected chi connectivity index (χ1v) is 5.55. The van der Waals surface area contributed by atoms with Gasteiger partial charge in [-0.2, -0.15) is 12.6 Å². The minimum atomic E-state index is -0.664. The van der Waals surface area contributed by atoms with E-state index in [1.165, 1.54) is 0 Å². The molecule has 0 saturated carbocycles. The molecule has 15 heavy (non-hydrogen) atoms. The van der Waals surface area contributed by atoms with Crippen molar-refractivity contribution in [2.75, 3.05) is 11.1 Å². The zero-order valence-electron chi connectivity index (χ0n) is 7.71. The summed E-state index contributed by atoms with van der Waals surface area (Å²) in [4.78, 5) is 11.4. The van der Waals surface area contributed by atoms with Crippen molar-refractivity contribution < 1.29 is 4.79 Å². The van der Waals surface area contributed by atoms with E-state index >= 15 is 0 Å². The maximum atomic E-state index is 11.4. The summed E-state index contributed by atoms with van der Waals surface area (Å²) >= 11 is 15.5. The molecule has 0 radical (unpaired) electrons. The molecule has 0 bridgehead atoms. The zero-order chi connectivity index (χ0) is 11.4. The number of thiol groups is 1. The maximum Gasteiger partial charge on any atom is 0.242 e. The molecule has 0 spiro atoms. The van der Waals surface area contributed by atoms with Crippen LogP contribution in [-0.4, -0.2) is 17.7 Å². The van der Waals surface area contributed by atoms with Gasteiger partial charge < -0.3 is 11.1 Å². The quantitative estimate of drug-likeness (QED) is 0.734. The average Bonchev–Trinajstić information content (AvgIpc) is 2.22. The number of hydrogen-bond donors (Lipinski definition) is 3. The highest BCUT2D eigenvalue weighted by molar-refractivity contribution is 7.80. The molecule has 1 aromatic rings. The molecule has 6 heteroatoms. The fourth-order valence-electron chi connectivity index (χ4n) is 0.902. The van der Waals surface area contributed by atoms with Crippen LogP contribution in [0.1, 0.15) is 0 Å². The Balaban J connectivity index is 2.80. The van der Waals surface area contributed by atoms with E-state index in [2.05, 4.69) is 17.9 Å². The highest BCUT2D eigenvalue weighted by Gasteiger charge is 2.13. The lowest BCUT2D eigenvalue weighted by molar-refractivity contribution is -0.116. The van der Waals surface area contributed by atoms with Crippen LogP contribution in [0.3, 0.4) is 0 Å². The van der Waals surface area contributed by atoms with Crippen molar-refractivity contribution in [3.05, 3.63) is 28.2 Å². The molecule has 1 rings (SSSR count). The Morgan fingerprint density at radius 2 is 2.20 bits per heavy atom. The van der Waals surface area contributed by atoms with Crippen LogP contribution in [0.25, 0.3) is 0 Å². The van der Waals surface area contributed by atoms with Gasteiger partial charge in [0.15, 0.2) is 0 Å². The summed E-state index contributed by atoms with van der Waals surface area (Å²) in [7, 11) is 0. The van der Waals surface area contributed by atoms with Crippen LogP contribution < -0.4 is 11.1 Å². The van der Waals surface area contributed by atoms with E-state index < -0.39 is 6.04 Å². The molecule has 1 amide bonds. The number of benzene rings is 1. The van der Waals surface area contributed by atoms with Gasteiger partial charge in [-0.1, -0.05) is 23.2 Å². The van der Waals surface area contributed by atoms with Gasteiger partial charge in [0.25, 0.3) is 0 Å². The lowest BCUT2D eigenvalue weighted by atomic mass is 10.3. The minimum Gasteiger partial charge on any atom is -0.323 e. The number of halogens is 2. The highest BCUT2D eigenvalue weighted by atomic mass is 35.5. The molecule has 0 fully saturated rings. The molecule has 3 N–H and O–H groups in total. The summed E-state index contributed by atoms with van der Waals surface area (Å²) in [6, 6.07) is 4.14. The van der Waals surface area contributed by atoms with Gasteiger partial charge in [-0.05, 0) is 18.2 Å². The second-order valence-electron chi connectivity index (χ2n) is 2.90. The summed E-state index contributed by atoms with van der Waals surface area (Å²) in [5, 5.41) is 3.48. The first-order chi connectivity index (χ1) is 7.04. The van der Waals surface area contributed by atoms with Gasteiger partial charge in [-0.25, -0.2) is 0 Å².